The maximum absolute atomic E-state index is 14.9. The van der Waals surface area contributed by atoms with E-state index >= 15 is 0 Å². The molecule has 2 saturated carbocycles. The van der Waals surface area contributed by atoms with Crippen LogP contribution in [0.1, 0.15) is 63.9 Å². The van der Waals surface area contributed by atoms with E-state index in [0.717, 1.165) is 26.8 Å². The molecule has 50 heavy (non-hydrogen) atoms. The smallest absolute Gasteiger partial charge is 0.338 e. The van der Waals surface area contributed by atoms with Crippen molar-refractivity contribution in [2.45, 2.75) is 89.2 Å². The van der Waals surface area contributed by atoms with E-state index < -0.39 is 101 Å². The first-order valence-electron chi connectivity index (χ1n) is 16.1. The maximum atomic E-state index is 14.9. The molecule has 5 rings (SSSR count). The van der Waals surface area contributed by atoms with Crippen molar-refractivity contribution in [1.29, 1.82) is 0 Å². The summed E-state index contributed by atoms with van der Waals surface area (Å²) in [7, 11) is 0. The van der Waals surface area contributed by atoms with E-state index in [4.69, 9.17) is 28.4 Å². The molecule has 13 nitrogen and oxygen atoms in total. The SMILES string of the molecule is CC(=O)OC[C@]12[C@H](OC(=O)c3ccccc3)C(=O)[C@@H]3[C@@H](OC(C)=O)[C@]1(OC3(C)C)[C@@](C)(O)C[C@H](OC(C)=O)[C@@H]2OC(=O)/C=C\c1ccccc1. The highest BCUT2D eigenvalue weighted by molar-refractivity contribution is 5.96. The summed E-state index contributed by atoms with van der Waals surface area (Å²) in [5.74, 6) is -6.67. The van der Waals surface area contributed by atoms with E-state index in [2.05, 4.69) is 0 Å². The average molecular weight is 693 g/mol. The topological polar surface area (TPSA) is 178 Å². The van der Waals surface area contributed by atoms with Crippen LogP contribution in [-0.2, 0) is 52.4 Å². The Hall–Kier alpha value is -4.88. The van der Waals surface area contributed by atoms with Gasteiger partial charge in [0.25, 0.3) is 0 Å². The van der Waals surface area contributed by atoms with Gasteiger partial charge in [-0.3, -0.25) is 19.2 Å². The number of esters is 5. The first-order chi connectivity index (χ1) is 23.5. The van der Waals surface area contributed by atoms with Gasteiger partial charge in [-0.05, 0) is 44.5 Å². The minimum Gasteiger partial charge on any atom is -0.465 e. The molecule has 266 valence electrons. The molecule has 2 aromatic rings. The first-order valence-corrected chi connectivity index (χ1v) is 16.1. The lowest BCUT2D eigenvalue weighted by atomic mass is 9.46. The maximum Gasteiger partial charge on any atom is 0.338 e. The third kappa shape index (κ3) is 6.20. The number of rotatable bonds is 9. The number of fused-ring (bicyclic) bond motifs is 1. The van der Waals surface area contributed by atoms with Gasteiger partial charge < -0.3 is 33.5 Å². The zero-order chi connectivity index (χ0) is 36.6. The molecule has 0 aromatic heterocycles. The predicted octanol–water partition coefficient (Wildman–Crippen LogP) is 3.15. The van der Waals surface area contributed by atoms with Crippen LogP contribution in [-0.4, -0.2) is 88.6 Å². The molecule has 3 aliphatic rings. The summed E-state index contributed by atoms with van der Waals surface area (Å²) in [6, 6.07) is 16.5. The Morgan fingerprint density at radius 3 is 2.00 bits per heavy atom. The summed E-state index contributed by atoms with van der Waals surface area (Å²) in [6.07, 6.45) is -4.80. The van der Waals surface area contributed by atoms with Crippen molar-refractivity contribution in [3.8, 4) is 0 Å². The molecular weight excluding hydrogens is 652 g/mol. The van der Waals surface area contributed by atoms with Gasteiger partial charge in [-0.25, -0.2) is 9.59 Å². The summed E-state index contributed by atoms with van der Waals surface area (Å²) >= 11 is 0. The van der Waals surface area contributed by atoms with Crippen LogP contribution >= 0.6 is 0 Å². The summed E-state index contributed by atoms with van der Waals surface area (Å²) in [5.41, 5.74) is -7.68. The number of aliphatic hydroxyl groups is 1. The first kappa shape index (κ1) is 36.4. The number of hydrogen-bond acceptors (Lipinski definition) is 13. The Labute approximate surface area is 288 Å². The van der Waals surface area contributed by atoms with Crippen molar-refractivity contribution >= 4 is 41.7 Å². The van der Waals surface area contributed by atoms with Gasteiger partial charge in [-0.1, -0.05) is 48.5 Å². The van der Waals surface area contributed by atoms with Gasteiger partial charge in [0.15, 0.2) is 23.6 Å². The van der Waals surface area contributed by atoms with E-state index in [1.807, 2.05) is 0 Å². The third-order valence-electron chi connectivity index (χ3n) is 9.66. The Kier molecular flexibility index (Phi) is 9.79. The monoisotopic (exact) mass is 692 g/mol. The highest BCUT2D eigenvalue weighted by Crippen LogP contribution is 2.68. The van der Waals surface area contributed by atoms with Gasteiger partial charge in [0.05, 0.1) is 22.7 Å². The molecule has 1 spiro atoms. The molecule has 1 saturated heterocycles. The number of ketones is 1. The second-order valence-electron chi connectivity index (χ2n) is 13.6. The molecular formula is C37H40O13. The van der Waals surface area contributed by atoms with Crippen LogP contribution in [0.2, 0.25) is 0 Å². The molecule has 2 aliphatic carbocycles. The highest BCUT2D eigenvalue weighted by atomic mass is 16.6. The van der Waals surface area contributed by atoms with Crippen molar-refractivity contribution < 1.29 is 62.3 Å². The quantitative estimate of drug-likeness (QED) is 0.231. The fourth-order valence-electron chi connectivity index (χ4n) is 7.98. The van der Waals surface area contributed by atoms with E-state index in [9.17, 15) is 33.9 Å². The van der Waals surface area contributed by atoms with Crippen molar-refractivity contribution in [1.82, 2.24) is 0 Å². The third-order valence-corrected chi connectivity index (χ3v) is 9.66. The molecule has 2 aromatic carbocycles. The largest absolute Gasteiger partial charge is 0.465 e. The zero-order valence-electron chi connectivity index (χ0n) is 28.6. The standard InChI is InChI=1S/C37H40O13/c1-21(38)45-20-36-30(48-27(41)18-17-24-13-9-7-10-14-24)26(46-22(2)39)19-35(6,44)37(36)31(47-23(3)40)28(34(4,5)50-37)29(42)32(36)49-33(43)25-15-11-8-12-16-25/h7-18,26,28,30-32,44H,19-20H2,1-6H3/b18-17-/t26-,28+,30-,31+,32+,35-,36-,37-/m0/s1. The lowest BCUT2D eigenvalue weighted by Gasteiger charge is -2.65. The number of benzene rings is 2. The molecule has 0 radical (unpaired) electrons. The van der Waals surface area contributed by atoms with Crippen molar-refractivity contribution in [2.24, 2.45) is 11.3 Å². The molecule has 1 heterocycles. The fourth-order valence-corrected chi connectivity index (χ4v) is 7.98. The lowest BCUT2D eigenvalue weighted by molar-refractivity contribution is -0.350. The molecule has 3 fully saturated rings. The van der Waals surface area contributed by atoms with Crippen molar-refractivity contribution in [3.63, 3.8) is 0 Å². The molecule has 0 amide bonds. The number of hydrogen-bond donors (Lipinski definition) is 1. The Morgan fingerprint density at radius 1 is 0.820 bits per heavy atom. The van der Waals surface area contributed by atoms with Gasteiger partial charge in [0.1, 0.15) is 24.2 Å². The van der Waals surface area contributed by atoms with Gasteiger partial charge >= 0.3 is 29.8 Å². The Bertz CT molecular complexity index is 1700. The number of carbonyl (C=O) groups is 6. The molecule has 8 atom stereocenters. The van der Waals surface area contributed by atoms with E-state index in [1.165, 1.54) is 39.0 Å². The van der Waals surface area contributed by atoms with Gasteiger partial charge in [-0.2, -0.15) is 0 Å². The fraction of sp³-hybridized carbons (Fsp3) is 0.459. The molecule has 1 N–H and O–H groups in total. The van der Waals surface area contributed by atoms with E-state index in [-0.39, 0.29) is 5.56 Å². The van der Waals surface area contributed by atoms with Crippen molar-refractivity contribution in [3.05, 3.63) is 77.9 Å². The van der Waals surface area contributed by atoms with Crippen molar-refractivity contribution in [2.75, 3.05) is 6.61 Å². The average Bonchev–Trinajstić information content (AvgIpc) is 3.25. The zero-order valence-corrected chi connectivity index (χ0v) is 28.6. The lowest BCUT2D eigenvalue weighted by Crippen LogP contribution is -2.85. The normalized spacial score (nSPS) is 32.4. The van der Waals surface area contributed by atoms with Crippen LogP contribution in [0.5, 0.6) is 0 Å². The van der Waals surface area contributed by atoms with Crippen LogP contribution in [0.15, 0.2) is 66.7 Å². The van der Waals surface area contributed by atoms with Crippen LogP contribution < -0.4 is 0 Å². The number of carbonyl (C=O) groups excluding carboxylic acids is 6. The van der Waals surface area contributed by atoms with Crippen LogP contribution in [0.4, 0.5) is 0 Å². The minimum atomic E-state index is -2.39. The van der Waals surface area contributed by atoms with E-state index in [1.54, 1.807) is 48.5 Å². The summed E-state index contributed by atoms with van der Waals surface area (Å²) < 4.78 is 36.0. The number of Topliss-reactive ketones (excluding diaryl/α,β-unsaturated/α-hetero) is 1. The van der Waals surface area contributed by atoms with Gasteiger partial charge in [0.2, 0.25) is 0 Å². The molecule has 1 aliphatic heterocycles. The van der Waals surface area contributed by atoms with Crippen LogP contribution in [0, 0.1) is 11.3 Å². The molecule has 2 bridgehead atoms. The minimum absolute atomic E-state index is 0.0464. The Morgan fingerprint density at radius 2 is 1.42 bits per heavy atom. The summed E-state index contributed by atoms with van der Waals surface area (Å²) in [6.45, 7) is 6.80. The summed E-state index contributed by atoms with van der Waals surface area (Å²) in [5, 5.41) is 12.6. The van der Waals surface area contributed by atoms with E-state index in [0.29, 0.717) is 5.56 Å². The molecule has 0 unspecified atom stereocenters. The van der Waals surface area contributed by atoms with Crippen LogP contribution in [0.3, 0.4) is 0 Å². The summed E-state index contributed by atoms with van der Waals surface area (Å²) in [4.78, 5) is 80.3. The predicted molar refractivity (Wildman–Crippen MR) is 173 cm³/mol. The Balaban J connectivity index is 1.81. The second kappa shape index (κ2) is 13.4. The van der Waals surface area contributed by atoms with Gasteiger partial charge in [-0.15, -0.1) is 0 Å². The molecule has 13 heteroatoms. The van der Waals surface area contributed by atoms with Gasteiger partial charge in [0, 0.05) is 33.3 Å². The van der Waals surface area contributed by atoms with Crippen LogP contribution in [0.25, 0.3) is 6.08 Å². The second-order valence-corrected chi connectivity index (χ2v) is 13.6. The highest BCUT2D eigenvalue weighted by Gasteiger charge is 2.88. The number of ether oxygens (including phenoxy) is 6.